The summed E-state index contributed by atoms with van der Waals surface area (Å²) in [5, 5.41) is 37.1. The van der Waals surface area contributed by atoms with Crippen molar-refractivity contribution in [1.29, 1.82) is 0 Å². The molecule has 0 saturated carbocycles. The minimum atomic E-state index is -1.85. The summed E-state index contributed by atoms with van der Waals surface area (Å²) in [4.78, 5) is 34.3. The summed E-state index contributed by atoms with van der Waals surface area (Å²) < 4.78 is 52.5. The zero-order chi connectivity index (χ0) is 51.6. The van der Waals surface area contributed by atoms with Crippen LogP contribution in [0, 0.1) is 23.7 Å². The van der Waals surface area contributed by atoms with Crippen LogP contribution in [0.1, 0.15) is 121 Å². The van der Waals surface area contributed by atoms with Gasteiger partial charge in [0, 0.05) is 56.4 Å². The number of aliphatic hydroxyl groups is 3. The maximum absolute atomic E-state index is 14.9. The molecular formula is C54H87N2O13+. The average Bonchev–Trinajstić information content (AvgIpc) is 3.29. The van der Waals surface area contributed by atoms with Crippen molar-refractivity contribution >= 4 is 28.7 Å². The monoisotopic (exact) mass is 972 g/mol. The fraction of sp³-hybridized carbons (Fsp3) is 0.759. The molecule has 0 spiro atoms. The maximum atomic E-state index is 14.9. The number of carbonyl (C=O) groups excluding carboxylic acids is 2. The van der Waals surface area contributed by atoms with Crippen LogP contribution in [0.25, 0.3) is 17.0 Å². The number of hydrogen-bond donors (Lipinski definition) is 3. The number of Topliss-reactive ketones (excluding diaryl/α,β-unsaturated/α-hetero) is 1. The van der Waals surface area contributed by atoms with Gasteiger partial charge in [-0.25, -0.2) is 0 Å². The van der Waals surface area contributed by atoms with Gasteiger partial charge in [-0.15, -0.1) is 0 Å². The van der Waals surface area contributed by atoms with Gasteiger partial charge >= 0.3 is 5.97 Å². The minimum absolute atomic E-state index is 0.0301. The Hall–Kier alpha value is -2.93. The highest BCUT2D eigenvalue weighted by Crippen LogP contribution is 2.43. The van der Waals surface area contributed by atoms with E-state index in [0.717, 1.165) is 16.5 Å². The third kappa shape index (κ3) is 12.3. The first kappa shape index (κ1) is 57.0. The van der Waals surface area contributed by atoms with Crippen LogP contribution in [0.15, 0.2) is 42.6 Å². The lowest BCUT2D eigenvalue weighted by Gasteiger charge is -2.54. The maximum Gasteiger partial charge on any atom is 0.311 e. The number of likely N-dealkylation sites (N-methyl/N-ethyl adjacent to an activating group) is 1. The number of rotatable bonds is 12. The summed E-state index contributed by atoms with van der Waals surface area (Å²) in [5.74, 6) is -4.20. The van der Waals surface area contributed by atoms with Crippen LogP contribution in [-0.4, -0.2) is 161 Å². The number of ether oxygens (including phenoxy) is 8. The van der Waals surface area contributed by atoms with Gasteiger partial charge in [-0.2, -0.15) is 0 Å². The first-order valence-corrected chi connectivity index (χ1v) is 25.1. The standard InChI is InChI=1S/C54H87N2O13/c1-18-41-54(13,61)48(64-25-21-22-37-27-38-23-19-20-24-39(38)55-30-37)33(4)43(57)31(2)28-53(12,63-17)47(69-50-44(58)40(26-32(3)65-50)56(14,15)51(8,9)10)34(5)45(35(6)49(60)67-41)68-42-29-52(11,62-16)46(59)36(7)66-42/h19-24,27,30-36,40-42,44-48,50,58-59,61H,18,25-26,28-29H2,1-17H3/q+1/b22-21+/t31-,32-,33+,34+,35-,36+,40+,41-,42+,44-,45+,46+,47-,48-,50+,52-,53-,54-/m1/s1. The van der Waals surface area contributed by atoms with Gasteiger partial charge in [-0.1, -0.05) is 58.0 Å². The number of carbonyl (C=O) groups is 2. The lowest BCUT2D eigenvalue weighted by molar-refractivity contribution is -0.964. The minimum Gasteiger partial charge on any atom is -0.459 e. The lowest BCUT2D eigenvalue weighted by atomic mass is 9.73. The van der Waals surface area contributed by atoms with Crippen molar-refractivity contribution in [3.63, 3.8) is 0 Å². The van der Waals surface area contributed by atoms with Crippen LogP contribution in [-0.2, 0) is 47.5 Å². The summed E-state index contributed by atoms with van der Waals surface area (Å²) in [5.41, 5.74) is -2.70. The molecule has 0 bridgehead atoms. The number of methoxy groups -OCH3 is 2. The molecule has 3 aliphatic heterocycles. The third-order valence-electron chi connectivity index (χ3n) is 16.4. The molecule has 390 valence electrons. The van der Waals surface area contributed by atoms with Crippen LogP contribution in [0.5, 0.6) is 0 Å². The van der Waals surface area contributed by atoms with Gasteiger partial charge in [0.1, 0.15) is 29.6 Å². The van der Waals surface area contributed by atoms with Gasteiger partial charge in [-0.05, 0) is 92.9 Å². The van der Waals surface area contributed by atoms with Crippen molar-refractivity contribution in [2.45, 2.75) is 205 Å². The molecule has 4 heterocycles. The summed E-state index contributed by atoms with van der Waals surface area (Å²) in [6, 6.07) is 9.57. The number of pyridine rings is 1. The van der Waals surface area contributed by atoms with Gasteiger partial charge in [0.15, 0.2) is 18.7 Å². The Kier molecular flexibility index (Phi) is 18.5. The second-order valence-electron chi connectivity index (χ2n) is 22.6. The molecule has 3 aliphatic rings. The van der Waals surface area contributed by atoms with Gasteiger partial charge in [0.05, 0.1) is 79.4 Å². The van der Waals surface area contributed by atoms with Gasteiger partial charge in [0.25, 0.3) is 0 Å². The van der Waals surface area contributed by atoms with Gasteiger partial charge < -0.3 is 57.7 Å². The number of esters is 1. The molecule has 15 heteroatoms. The topological polar surface area (TPSA) is 182 Å². The molecule has 0 aliphatic carbocycles. The molecule has 3 fully saturated rings. The van der Waals surface area contributed by atoms with Crippen molar-refractivity contribution < 1.29 is 67.3 Å². The van der Waals surface area contributed by atoms with Crippen molar-refractivity contribution in [2.75, 3.05) is 34.9 Å². The smallest absolute Gasteiger partial charge is 0.311 e. The van der Waals surface area contributed by atoms with E-state index < -0.39 is 102 Å². The molecule has 3 saturated heterocycles. The first-order valence-electron chi connectivity index (χ1n) is 25.1. The van der Waals surface area contributed by atoms with Crippen LogP contribution in [0.4, 0.5) is 0 Å². The van der Waals surface area contributed by atoms with E-state index in [9.17, 15) is 24.9 Å². The molecule has 0 amide bonds. The van der Waals surface area contributed by atoms with Crippen molar-refractivity contribution in [1.82, 2.24) is 4.98 Å². The summed E-state index contributed by atoms with van der Waals surface area (Å²) in [6.07, 6.45) is -2.91. The number of aliphatic hydroxyl groups excluding tert-OH is 2. The number of quaternary nitrogens is 1. The largest absolute Gasteiger partial charge is 0.459 e. The van der Waals surface area contributed by atoms with Gasteiger partial charge in [-0.3, -0.25) is 14.6 Å². The van der Waals surface area contributed by atoms with E-state index in [1.54, 1.807) is 54.8 Å². The fourth-order valence-corrected chi connectivity index (χ4v) is 11.0. The van der Waals surface area contributed by atoms with Crippen molar-refractivity contribution in [3.8, 4) is 0 Å². The average molecular weight is 972 g/mol. The molecule has 0 radical (unpaired) electrons. The number of nitrogens with zero attached hydrogens (tertiary/aromatic N) is 2. The van der Waals surface area contributed by atoms with Crippen LogP contribution < -0.4 is 0 Å². The molecule has 15 nitrogen and oxygen atoms in total. The van der Waals surface area contributed by atoms with E-state index in [-0.39, 0.29) is 49.3 Å². The van der Waals surface area contributed by atoms with E-state index in [1.807, 2.05) is 70.2 Å². The number of hydrogen-bond acceptors (Lipinski definition) is 14. The summed E-state index contributed by atoms with van der Waals surface area (Å²) >= 11 is 0. The van der Waals surface area contributed by atoms with E-state index >= 15 is 0 Å². The Morgan fingerprint density at radius 1 is 0.899 bits per heavy atom. The number of cyclic esters (lactones) is 1. The molecule has 1 aromatic carbocycles. The quantitative estimate of drug-likeness (QED) is 0.146. The molecular weight excluding hydrogens is 885 g/mol. The second-order valence-corrected chi connectivity index (χ2v) is 22.6. The van der Waals surface area contributed by atoms with E-state index in [1.165, 1.54) is 7.11 Å². The summed E-state index contributed by atoms with van der Waals surface area (Å²) in [6.45, 7) is 24.3. The van der Waals surface area contributed by atoms with E-state index in [2.05, 4.69) is 39.9 Å². The normalized spacial score (nSPS) is 40.4. The zero-order valence-corrected chi connectivity index (χ0v) is 44.6. The van der Waals surface area contributed by atoms with E-state index in [0.29, 0.717) is 10.9 Å². The van der Waals surface area contributed by atoms with Crippen molar-refractivity contribution in [3.05, 3.63) is 48.2 Å². The molecule has 0 unspecified atom stereocenters. The molecule has 5 rings (SSSR count). The molecule has 2 aromatic rings. The Bertz CT molecular complexity index is 2060. The van der Waals surface area contributed by atoms with Crippen molar-refractivity contribution in [2.24, 2.45) is 23.7 Å². The third-order valence-corrected chi connectivity index (χ3v) is 16.4. The SMILES string of the molecule is CC[C@H]1OC(=O)[C@H](C)[C@@H](O[C@H]2C[C@@](C)(OC)[C@@H](O)[C@H](C)O2)[C@H](C)[C@@H](O[C@@H]2O[C@H](C)C[C@H]([N+](C)(C)C(C)(C)C)[C@H]2O)[C@](C)(OC)C[C@@H](C)C(=O)[C@H](C)[C@@H](OC/C=C/c2cnc3ccccc3c2)[C@]1(C)O. The van der Waals surface area contributed by atoms with Gasteiger partial charge in [0.2, 0.25) is 0 Å². The van der Waals surface area contributed by atoms with Crippen LogP contribution >= 0.6 is 0 Å². The highest BCUT2D eigenvalue weighted by molar-refractivity contribution is 5.84. The Labute approximate surface area is 412 Å². The number of fused-ring (bicyclic) bond motifs is 1. The van der Waals surface area contributed by atoms with E-state index in [4.69, 9.17) is 37.9 Å². The highest BCUT2D eigenvalue weighted by atomic mass is 16.7. The van der Waals surface area contributed by atoms with Crippen LogP contribution in [0.2, 0.25) is 0 Å². The lowest BCUT2D eigenvalue weighted by Crippen LogP contribution is -2.69. The number of ketones is 1. The first-order chi connectivity index (χ1) is 32.1. The number of aromatic nitrogens is 1. The number of benzene rings is 1. The Morgan fingerprint density at radius 3 is 2.17 bits per heavy atom. The Morgan fingerprint density at radius 2 is 1.55 bits per heavy atom. The zero-order valence-electron chi connectivity index (χ0n) is 44.6. The molecule has 1 aromatic heterocycles. The van der Waals surface area contributed by atoms with Crippen LogP contribution in [0.3, 0.4) is 0 Å². The second kappa shape index (κ2) is 22.5. The molecule has 18 atom stereocenters. The molecule has 69 heavy (non-hydrogen) atoms. The fourth-order valence-electron chi connectivity index (χ4n) is 11.0. The predicted octanol–water partition coefficient (Wildman–Crippen LogP) is 7.04. The highest BCUT2D eigenvalue weighted by Gasteiger charge is 2.56. The number of para-hydroxylation sites is 1. The summed E-state index contributed by atoms with van der Waals surface area (Å²) in [7, 11) is 7.28. The Balaban J connectivity index is 1.60. The predicted molar refractivity (Wildman–Crippen MR) is 264 cm³/mol. The molecule has 3 N–H and O–H groups in total.